The maximum absolute atomic E-state index is 12.7. The molecule has 0 N–H and O–H groups in total. The zero-order valence-electron chi connectivity index (χ0n) is 13.2. The van der Waals surface area contributed by atoms with Gasteiger partial charge in [0, 0.05) is 19.0 Å². The van der Waals surface area contributed by atoms with E-state index < -0.39 is 10.0 Å². The molecule has 6 heteroatoms. The van der Waals surface area contributed by atoms with Crippen molar-refractivity contribution in [2.24, 2.45) is 5.92 Å². The Morgan fingerprint density at radius 1 is 1.00 bits per heavy atom. The molecule has 3 rings (SSSR count). The highest BCUT2D eigenvalue weighted by Gasteiger charge is 2.30. The lowest BCUT2D eigenvalue weighted by Gasteiger charge is -2.29. The summed E-state index contributed by atoms with van der Waals surface area (Å²) in [7, 11) is -3.58. The largest absolute Gasteiger partial charge is 0.457 e. The number of rotatable bonds is 5. The fourth-order valence-electron chi connectivity index (χ4n) is 2.76. The van der Waals surface area contributed by atoms with Gasteiger partial charge in [0.2, 0.25) is 10.0 Å². The zero-order valence-corrected chi connectivity index (χ0v) is 14.0. The molecule has 0 aromatic heterocycles. The second kappa shape index (κ2) is 7.15. The first-order valence-electron chi connectivity index (χ1n) is 7.88. The molecule has 0 bridgehead atoms. The van der Waals surface area contributed by atoms with Gasteiger partial charge in [0.25, 0.3) is 0 Å². The van der Waals surface area contributed by atoms with Gasteiger partial charge in [-0.2, -0.15) is 4.31 Å². The van der Waals surface area contributed by atoms with Gasteiger partial charge < -0.3 is 9.53 Å². The van der Waals surface area contributed by atoms with E-state index in [2.05, 4.69) is 0 Å². The summed E-state index contributed by atoms with van der Waals surface area (Å²) >= 11 is 0. The van der Waals surface area contributed by atoms with Crippen LogP contribution in [0.15, 0.2) is 59.5 Å². The van der Waals surface area contributed by atoms with Crippen molar-refractivity contribution < 1.29 is 17.9 Å². The summed E-state index contributed by atoms with van der Waals surface area (Å²) in [4.78, 5) is 11.2. The van der Waals surface area contributed by atoms with Crippen LogP contribution in [-0.4, -0.2) is 32.1 Å². The third kappa shape index (κ3) is 3.66. The minimum absolute atomic E-state index is 0.214. The number of hydrogen-bond donors (Lipinski definition) is 0. The molecule has 5 nitrogen and oxygen atoms in total. The van der Waals surface area contributed by atoms with E-state index in [9.17, 15) is 13.2 Å². The Labute approximate surface area is 141 Å². The van der Waals surface area contributed by atoms with Crippen LogP contribution in [0.5, 0.6) is 11.5 Å². The first-order valence-corrected chi connectivity index (χ1v) is 9.32. The summed E-state index contributed by atoms with van der Waals surface area (Å²) in [6.07, 6.45) is 2.30. The number of carbonyl (C=O) groups excluding carboxylic acids is 1. The van der Waals surface area contributed by atoms with Crippen molar-refractivity contribution in [3.8, 4) is 11.5 Å². The Hall–Kier alpha value is -2.18. The highest BCUT2D eigenvalue weighted by Crippen LogP contribution is 2.26. The number of nitrogens with zero attached hydrogens (tertiary/aromatic N) is 1. The minimum atomic E-state index is -3.58. The molecule has 1 fully saturated rings. The quantitative estimate of drug-likeness (QED) is 0.781. The van der Waals surface area contributed by atoms with Crippen molar-refractivity contribution in [1.29, 1.82) is 0 Å². The monoisotopic (exact) mass is 345 g/mol. The lowest BCUT2D eigenvalue weighted by atomic mass is 10.0. The molecule has 2 aromatic carbocycles. The van der Waals surface area contributed by atoms with E-state index in [1.165, 1.54) is 16.4 Å². The van der Waals surface area contributed by atoms with Gasteiger partial charge in [0.05, 0.1) is 4.90 Å². The second-order valence-electron chi connectivity index (χ2n) is 5.79. The van der Waals surface area contributed by atoms with Crippen LogP contribution in [0.1, 0.15) is 12.8 Å². The first kappa shape index (κ1) is 16.7. The Bertz CT molecular complexity index is 788. The van der Waals surface area contributed by atoms with Crippen LogP contribution in [0.4, 0.5) is 0 Å². The van der Waals surface area contributed by atoms with Crippen LogP contribution in [0.3, 0.4) is 0 Å². The molecular weight excluding hydrogens is 326 g/mol. The first-order chi connectivity index (χ1) is 11.6. The molecule has 1 saturated heterocycles. The van der Waals surface area contributed by atoms with Crippen molar-refractivity contribution >= 4 is 16.3 Å². The molecule has 2 aromatic rings. The molecule has 0 radical (unpaired) electrons. The number of aldehydes is 1. The number of piperidine rings is 1. The molecule has 0 saturated carbocycles. The Balaban J connectivity index is 1.75. The molecule has 24 heavy (non-hydrogen) atoms. The van der Waals surface area contributed by atoms with Crippen LogP contribution in [0.2, 0.25) is 0 Å². The van der Waals surface area contributed by atoms with Gasteiger partial charge in [0.1, 0.15) is 17.8 Å². The van der Waals surface area contributed by atoms with Gasteiger partial charge in [-0.15, -0.1) is 0 Å². The third-order valence-corrected chi connectivity index (χ3v) is 5.93. The molecule has 0 amide bonds. The van der Waals surface area contributed by atoms with E-state index in [1.54, 1.807) is 12.1 Å². The van der Waals surface area contributed by atoms with Gasteiger partial charge in [0.15, 0.2) is 0 Å². The Morgan fingerprint density at radius 3 is 2.33 bits per heavy atom. The lowest BCUT2D eigenvalue weighted by molar-refractivity contribution is -0.112. The maximum Gasteiger partial charge on any atom is 0.243 e. The highest BCUT2D eigenvalue weighted by molar-refractivity contribution is 7.89. The number of hydrogen-bond acceptors (Lipinski definition) is 4. The molecule has 126 valence electrons. The van der Waals surface area contributed by atoms with Crippen LogP contribution in [0, 0.1) is 5.92 Å². The molecule has 0 spiro atoms. The third-order valence-electron chi connectivity index (χ3n) is 4.05. The number of benzene rings is 2. The average molecular weight is 345 g/mol. The second-order valence-corrected chi connectivity index (χ2v) is 7.73. The van der Waals surface area contributed by atoms with E-state index in [0.29, 0.717) is 24.5 Å². The van der Waals surface area contributed by atoms with E-state index >= 15 is 0 Å². The van der Waals surface area contributed by atoms with Crippen LogP contribution in [-0.2, 0) is 14.8 Å². The topological polar surface area (TPSA) is 63.7 Å². The number of para-hydroxylation sites is 1. The standard InChI is InChI=1S/C18H19NO4S/c20-14-15-5-4-12-19(13-15)24(21,22)18-10-8-17(9-11-18)23-16-6-2-1-3-7-16/h1-3,6-11,14-15H,4-5,12-13H2. The fraction of sp³-hybridized carbons (Fsp3) is 0.278. The SMILES string of the molecule is O=CC1CCCN(S(=O)(=O)c2ccc(Oc3ccccc3)cc2)C1. The van der Waals surface area contributed by atoms with Crippen molar-refractivity contribution in [3.63, 3.8) is 0 Å². The summed E-state index contributed by atoms with van der Waals surface area (Å²) in [6.45, 7) is 0.711. The summed E-state index contributed by atoms with van der Waals surface area (Å²) in [5.74, 6) is 1.05. The number of ether oxygens (including phenoxy) is 1. The number of carbonyl (C=O) groups is 1. The van der Waals surface area contributed by atoms with Crippen LogP contribution < -0.4 is 4.74 Å². The van der Waals surface area contributed by atoms with Crippen molar-refractivity contribution in [1.82, 2.24) is 4.31 Å². The molecular formula is C18H19NO4S. The van der Waals surface area contributed by atoms with E-state index in [-0.39, 0.29) is 17.4 Å². The van der Waals surface area contributed by atoms with Gasteiger partial charge >= 0.3 is 0 Å². The van der Waals surface area contributed by atoms with Crippen molar-refractivity contribution in [2.45, 2.75) is 17.7 Å². The smallest absolute Gasteiger partial charge is 0.243 e. The molecule has 1 heterocycles. The molecule has 1 aliphatic heterocycles. The van der Waals surface area contributed by atoms with E-state index in [1.807, 2.05) is 30.3 Å². The number of sulfonamides is 1. The maximum atomic E-state index is 12.7. The summed E-state index contributed by atoms with van der Waals surface area (Å²) in [5.41, 5.74) is 0. The van der Waals surface area contributed by atoms with E-state index in [0.717, 1.165) is 12.7 Å². The fourth-order valence-corrected chi connectivity index (χ4v) is 4.29. The van der Waals surface area contributed by atoms with Gasteiger partial charge in [-0.3, -0.25) is 0 Å². The predicted octanol–water partition coefficient (Wildman–Crippen LogP) is 3.08. The van der Waals surface area contributed by atoms with Gasteiger partial charge in [-0.05, 0) is 49.2 Å². The zero-order chi connectivity index (χ0) is 17.0. The van der Waals surface area contributed by atoms with Crippen molar-refractivity contribution in [2.75, 3.05) is 13.1 Å². The molecule has 1 unspecified atom stereocenters. The molecule has 1 aliphatic rings. The molecule has 1 atom stereocenters. The van der Waals surface area contributed by atoms with Gasteiger partial charge in [-0.1, -0.05) is 18.2 Å². The normalized spacial score (nSPS) is 18.9. The molecule has 0 aliphatic carbocycles. The summed E-state index contributed by atoms with van der Waals surface area (Å²) in [6, 6.07) is 15.7. The van der Waals surface area contributed by atoms with Gasteiger partial charge in [-0.25, -0.2) is 8.42 Å². The van der Waals surface area contributed by atoms with E-state index in [4.69, 9.17) is 4.74 Å². The predicted molar refractivity (Wildman–Crippen MR) is 90.5 cm³/mol. The summed E-state index contributed by atoms with van der Waals surface area (Å²) < 4.78 is 32.4. The van der Waals surface area contributed by atoms with Crippen molar-refractivity contribution in [3.05, 3.63) is 54.6 Å². The minimum Gasteiger partial charge on any atom is -0.457 e. The Morgan fingerprint density at radius 2 is 1.67 bits per heavy atom. The summed E-state index contributed by atoms with van der Waals surface area (Å²) in [5, 5.41) is 0. The van der Waals surface area contributed by atoms with Crippen LogP contribution >= 0.6 is 0 Å². The highest BCUT2D eigenvalue weighted by atomic mass is 32.2. The van der Waals surface area contributed by atoms with Crippen LogP contribution in [0.25, 0.3) is 0 Å². The lowest BCUT2D eigenvalue weighted by Crippen LogP contribution is -2.40. The average Bonchev–Trinajstić information content (AvgIpc) is 2.63. The Kier molecular flexibility index (Phi) is 4.97.